The Labute approximate surface area is 109 Å². The molecule has 0 aromatic rings. The first-order chi connectivity index (χ1) is 8.50. The first kappa shape index (κ1) is 15.0. The van der Waals surface area contributed by atoms with Crippen molar-refractivity contribution in [1.29, 1.82) is 5.26 Å². The Kier molecular flexibility index (Phi) is 5.61. The standard InChI is InChI=1S/C9H16O.C5H7NO2/c1-8-4-2-5-9(8)6-3-7-10-9;1-4(3-6)8-5(2)7/h8H,2-7H2,1H3;4H,1-2H3. The Morgan fingerprint density at radius 3 is 2.50 bits per heavy atom. The normalized spacial score (nSPS) is 31.3. The van der Waals surface area contributed by atoms with Gasteiger partial charge in [-0.05, 0) is 38.5 Å². The summed E-state index contributed by atoms with van der Waals surface area (Å²) < 4.78 is 10.2. The highest BCUT2D eigenvalue weighted by Gasteiger charge is 2.43. The van der Waals surface area contributed by atoms with E-state index in [-0.39, 0.29) is 0 Å². The van der Waals surface area contributed by atoms with Gasteiger partial charge < -0.3 is 9.47 Å². The fraction of sp³-hybridized carbons (Fsp3) is 0.857. The summed E-state index contributed by atoms with van der Waals surface area (Å²) in [6.45, 7) is 6.15. The molecule has 1 saturated carbocycles. The predicted octanol–water partition coefficient (Wildman–Crippen LogP) is 2.82. The van der Waals surface area contributed by atoms with Crippen LogP contribution < -0.4 is 0 Å². The van der Waals surface area contributed by atoms with Crippen LogP contribution in [0, 0.1) is 17.2 Å². The zero-order chi connectivity index (χ0) is 13.6. The second kappa shape index (κ2) is 6.75. The number of nitrogens with zero attached hydrogens (tertiary/aromatic N) is 1. The van der Waals surface area contributed by atoms with Crippen LogP contribution in [0.1, 0.15) is 52.9 Å². The molecular weight excluding hydrogens is 230 g/mol. The minimum atomic E-state index is -0.618. The highest BCUT2D eigenvalue weighted by atomic mass is 16.5. The van der Waals surface area contributed by atoms with Gasteiger partial charge in [-0.25, -0.2) is 0 Å². The van der Waals surface area contributed by atoms with E-state index in [1.807, 2.05) is 0 Å². The lowest BCUT2D eigenvalue weighted by atomic mass is 9.90. The molecule has 0 aromatic heterocycles. The van der Waals surface area contributed by atoms with E-state index < -0.39 is 12.1 Å². The maximum absolute atomic E-state index is 10.0. The number of carbonyl (C=O) groups is 1. The summed E-state index contributed by atoms with van der Waals surface area (Å²) in [5, 5.41) is 8.06. The number of hydrogen-bond donors (Lipinski definition) is 0. The lowest BCUT2D eigenvalue weighted by Gasteiger charge is -2.27. The third kappa shape index (κ3) is 3.99. The molecule has 0 radical (unpaired) electrons. The largest absolute Gasteiger partial charge is 0.447 e. The van der Waals surface area contributed by atoms with Crippen LogP contribution in [0.4, 0.5) is 0 Å². The minimum Gasteiger partial charge on any atom is -0.447 e. The second-order valence-corrected chi connectivity index (χ2v) is 5.19. The molecule has 1 aliphatic heterocycles. The third-order valence-corrected chi connectivity index (χ3v) is 3.79. The van der Waals surface area contributed by atoms with Crippen molar-refractivity contribution < 1.29 is 14.3 Å². The van der Waals surface area contributed by atoms with Crippen molar-refractivity contribution in [2.45, 2.75) is 64.6 Å². The molecule has 2 aliphatic rings. The summed E-state index contributed by atoms with van der Waals surface area (Å²) in [6, 6.07) is 1.75. The van der Waals surface area contributed by atoms with E-state index in [1.165, 1.54) is 46.0 Å². The first-order valence-corrected chi connectivity index (χ1v) is 6.71. The van der Waals surface area contributed by atoms with Crippen LogP contribution in [0.5, 0.6) is 0 Å². The summed E-state index contributed by atoms with van der Waals surface area (Å²) >= 11 is 0. The van der Waals surface area contributed by atoms with Gasteiger partial charge in [-0.2, -0.15) is 5.26 Å². The van der Waals surface area contributed by atoms with Crippen LogP contribution in [-0.4, -0.2) is 24.3 Å². The molecule has 102 valence electrons. The monoisotopic (exact) mass is 253 g/mol. The van der Waals surface area contributed by atoms with Gasteiger partial charge in [0.2, 0.25) is 0 Å². The maximum Gasteiger partial charge on any atom is 0.303 e. The van der Waals surface area contributed by atoms with Gasteiger partial charge >= 0.3 is 5.97 Å². The van der Waals surface area contributed by atoms with E-state index in [4.69, 9.17) is 10.00 Å². The number of hydrogen-bond acceptors (Lipinski definition) is 4. The molecule has 1 spiro atoms. The Balaban J connectivity index is 0.000000187. The van der Waals surface area contributed by atoms with E-state index in [0.29, 0.717) is 5.60 Å². The molecule has 0 aromatic carbocycles. The molecule has 1 heterocycles. The number of nitriles is 1. The van der Waals surface area contributed by atoms with E-state index in [0.717, 1.165) is 12.5 Å². The predicted molar refractivity (Wildman–Crippen MR) is 67.8 cm³/mol. The van der Waals surface area contributed by atoms with Gasteiger partial charge in [0.1, 0.15) is 6.07 Å². The van der Waals surface area contributed by atoms with Crippen molar-refractivity contribution >= 4 is 5.97 Å². The summed E-state index contributed by atoms with van der Waals surface area (Å²) in [6.07, 6.45) is 6.11. The average molecular weight is 253 g/mol. The number of esters is 1. The number of rotatable bonds is 1. The first-order valence-electron chi connectivity index (χ1n) is 6.71. The van der Waals surface area contributed by atoms with Crippen LogP contribution in [0.3, 0.4) is 0 Å². The molecule has 1 saturated heterocycles. The van der Waals surface area contributed by atoms with Gasteiger partial charge in [-0.15, -0.1) is 0 Å². The summed E-state index contributed by atoms with van der Waals surface area (Å²) in [5.74, 6) is 0.411. The summed E-state index contributed by atoms with van der Waals surface area (Å²) in [4.78, 5) is 10.0. The van der Waals surface area contributed by atoms with Crippen molar-refractivity contribution in [3.05, 3.63) is 0 Å². The van der Waals surface area contributed by atoms with Crippen molar-refractivity contribution in [2.75, 3.05) is 6.61 Å². The van der Waals surface area contributed by atoms with Crippen molar-refractivity contribution in [3.63, 3.8) is 0 Å². The molecule has 0 amide bonds. The molecular formula is C14H23NO3. The van der Waals surface area contributed by atoms with Crippen molar-refractivity contribution in [3.8, 4) is 6.07 Å². The Hall–Kier alpha value is -1.08. The molecule has 3 atom stereocenters. The molecule has 0 bridgehead atoms. The van der Waals surface area contributed by atoms with E-state index >= 15 is 0 Å². The van der Waals surface area contributed by atoms with Crippen molar-refractivity contribution in [1.82, 2.24) is 0 Å². The fourth-order valence-electron chi connectivity index (χ4n) is 2.80. The van der Waals surface area contributed by atoms with E-state index in [1.54, 1.807) is 6.07 Å². The zero-order valence-electron chi connectivity index (χ0n) is 11.6. The topological polar surface area (TPSA) is 59.3 Å². The molecule has 2 fully saturated rings. The second-order valence-electron chi connectivity index (χ2n) is 5.19. The average Bonchev–Trinajstić information content (AvgIpc) is 2.91. The minimum absolute atomic E-state index is 0.347. The fourth-order valence-corrected chi connectivity index (χ4v) is 2.80. The highest BCUT2D eigenvalue weighted by Crippen LogP contribution is 2.44. The molecule has 4 heteroatoms. The third-order valence-electron chi connectivity index (χ3n) is 3.79. The smallest absolute Gasteiger partial charge is 0.303 e. The quantitative estimate of drug-likeness (QED) is 0.674. The van der Waals surface area contributed by atoms with Gasteiger partial charge in [-0.1, -0.05) is 13.3 Å². The van der Waals surface area contributed by atoms with Crippen LogP contribution in [-0.2, 0) is 14.3 Å². The SMILES string of the molecule is CC(=O)OC(C)C#N.CC1CCCC12CCCO2. The Bertz CT molecular complexity index is 310. The highest BCUT2D eigenvalue weighted by molar-refractivity contribution is 5.66. The zero-order valence-corrected chi connectivity index (χ0v) is 11.6. The Morgan fingerprint density at radius 2 is 2.17 bits per heavy atom. The van der Waals surface area contributed by atoms with Crippen LogP contribution in [0.25, 0.3) is 0 Å². The van der Waals surface area contributed by atoms with Crippen molar-refractivity contribution in [2.24, 2.45) is 5.92 Å². The van der Waals surface area contributed by atoms with Crippen LogP contribution >= 0.6 is 0 Å². The Morgan fingerprint density at radius 1 is 1.50 bits per heavy atom. The lowest BCUT2D eigenvalue weighted by Crippen LogP contribution is -2.30. The van der Waals surface area contributed by atoms with Gasteiger partial charge in [0.25, 0.3) is 0 Å². The maximum atomic E-state index is 10.0. The van der Waals surface area contributed by atoms with Crippen LogP contribution in [0.2, 0.25) is 0 Å². The summed E-state index contributed by atoms with van der Waals surface area (Å²) in [5.41, 5.74) is 0.347. The van der Waals surface area contributed by atoms with E-state index in [9.17, 15) is 4.79 Å². The molecule has 2 rings (SSSR count). The number of ether oxygens (including phenoxy) is 2. The van der Waals surface area contributed by atoms with Gasteiger partial charge in [0, 0.05) is 13.5 Å². The van der Waals surface area contributed by atoms with Crippen LogP contribution in [0.15, 0.2) is 0 Å². The molecule has 18 heavy (non-hydrogen) atoms. The van der Waals surface area contributed by atoms with Gasteiger partial charge in [0.05, 0.1) is 5.60 Å². The van der Waals surface area contributed by atoms with Gasteiger partial charge in [-0.3, -0.25) is 4.79 Å². The molecule has 3 unspecified atom stereocenters. The number of carbonyl (C=O) groups excluding carboxylic acids is 1. The summed E-state index contributed by atoms with van der Waals surface area (Å²) in [7, 11) is 0. The lowest BCUT2D eigenvalue weighted by molar-refractivity contribution is -0.143. The molecule has 1 aliphatic carbocycles. The van der Waals surface area contributed by atoms with Gasteiger partial charge in [0.15, 0.2) is 6.10 Å². The van der Waals surface area contributed by atoms with E-state index in [2.05, 4.69) is 11.7 Å². The molecule has 0 N–H and O–H groups in total. The molecule has 4 nitrogen and oxygen atoms in total.